The van der Waals surface area contributed by atoms with Crippen LogP contribution in [0.5, 0.6) is 5.75 Å². The number of hydrogen-bond donors (Lipinski definition) is 2. The second-order valence-corrected chi connectivity index (χ2v) is 6.04. The Balaban J connectivity index is 1.98. The zero-order valence-electron chi connectivity index (χ0n) is 9.70. The molecule has 18 heavy (non-hydrogen) atoms. The highest BCUT2D eigenvalue weighted by molar-refractivity contribution is 9.11. The summed E-state index contributed by atoms with van der Waals surface area (Å²) in [6.07, 6.45) is 2.23. The summed E-state index contributed by atoms with van der Waals surface area (Å²) in [5, 5.41) is 3.10. The van der Waals surface area contributed by atoms with Crippen molar-refractivity contribution < 1.29 is 4.74 Å². The number of aromatic nitrogens is 2. The second kappa shape index (κ2) is 6.01. The van der Waals surface area contributed by atoms with Crippen molar-refractivity contribution in [1.82, 2.24) is 9.97 Å². The Hall–Kier alpha value is -1.34. The number of hydrogen-bond acceptors (Lipinski definition) is 5. The van der Waals surface area contributed by atoms with Gasteiger partial charge in [0.05, 0.1) is 17.2 Å². The van der Waals surface area contributed by atoms with Crippen molar-refractivity contribution in [3.8, 4) is 5.75 Å². The molecule has 0 saturated carbocycles. The van der Waals surface area contributed by atoms with Crippen LogP contribution in [0.25, 0.3) is 0 Å². The molecule has 0 unspecified atom stereocenters. The van der Waals surface area contributed by atoms with Crippen LogP contribution in [0.3, 0.4) is 0 Å². The average molecular weight is 330 g/mol. The monoisotopic (exact) mass is 329 g/mol. The first-order valence-electron chi connectivity index (χ1n) is 5.30. The molecule has 2 aromatic heterocycles. The van der Waals surface area contributed by atoms with Crippen molar-refractivity contribution in [2.45, 2.75) is 6.42 Å². The fraction of sp³-hybridized carbons (Fsp3) is 0.273. The summed E-state index contributed by atoms with van der Waals surface area (Å²) >= 11 is 5.11. The molecule has 0 spiro atoms. The van der Waals surface area contributed by atoms with E-state index in [1.54, 1.807) is 11.3 Å². The molecule has 0 aliphatic rings. The summed E-state index contributed by atoms with van der Waals surface area (Å²) in [7, 11) is 1.45. The molecule has 0 aliphatic carbocycles. The second-order valence-electron chi connectivity index (χ2n) is 3.50. The van der Waals surface area contributed by atoms with E-state index in [4.69, 9.17) is 4.74 Å². The van der Waals surface area contributed by atoms with Crippen molar-refractivity contribution in [1.29, 1.82) is 0 Å². The van der Waals surface area contributed by atoms with Gasteiger partial charge in [-0.05, 0) is 34.5 Å². The van der Waals surface area contributed by atoms with Gasteiger partial charge in [-0.3, -0.25) is 4.79 Å². The lowest BCUT2D eigenvalue weighted by molar-refractivity contribution is 0.408. The fourth-order valence-electron chi connectivity index (χ4n) is 1.49. The summed E-state index contributed by atoms with van der Waals surface area (Å²) in [5.74, 6) is 0.682. The van der Waals surface area contributed by atoms with E-state index < -0.39 is 0 Å². The number of nitrogens with zero attached hydrogens (tertiary/aromatic N) is 1. The van der Waals surface area contributed by atoms with Crippen LogP contribution in [0.4, 0.5) is 5.82 Å². The third-order valence-electron chi connectivity index (χ3n) is 2.31. The Morgan fingerprint density at radius 3 is 3.06 bits per heavy atom. The zero-order valence-corrected chi connectivity index (χ0v) is 12.1. The SMILES string of the molecule is COc1c(NCCc2ccc(Br)s2)nc[nH]c1=O. The third kappa shape index (κ3) is 3.11. The number of rotatable bonds is 5. The number of methoxy groups -OCH3 is 1. The number of H-pyrrole nitrogens is 1. The van der Waals surface area contributed by atoms with Crippen LogP contribution in [0.15, 0.2) is 27.0 Å². The van der Waals surface area contributed by atoms with Crippen LogP contribution in [0.1, 0.15) is 4.88 Å². The highest BCUT2D eigenvalue weighted by Gasteiger charge is 2.08. The number of aromatic amines is 1. The normalized spacial score (nSPS) is 10.3. The largest absolute Gasteiger partial charge is 0.489 e. The Morgan fingerprint density at radius 2 is 2.39 bits per heavy atom. The van der Waals surface area contributed by atoms with Gasteiger partial charge in [-0.2, -0.15) is 0 Å². The zero-order chi connectivity index (χ0) is 13.0. The molecule has 5 nitrogen and oxygen atoms in total. The smallest absolute Gasteiger partial charge is 0.295 e. The number of anilines is 1. The van der Waals surface area contributed by atoms with Gasteiger partial charge < -0.3 is 15.0 Å². The molecule has 0 amide bonds. The van der Waals surface area contributed by atoms with Crippen LogP contribution in [0.2, 0.25) is 0 Å². The van der Waals surface area contributed by atoms with E-state index in [-0.39, 0.29) is 11.3 Å². The van der Waals surface area contributed by atoms with Crippen molar-refractivity contribution in [3.05, 3.63) is 37.5 Å². The quantitative estimate of drug-likeness (QED) is 0.882. The molecular formula is C11H12BrN3O2S. The van der Waals surface area contributed by atoms with E-state index >= 15 is 0 Å². The molecule has 0 saturated heterocycles. The van der Waals surface area contributed by atoms with Crippen LogP contribution in [-0.2, 0) is 6.42 Å². The van der Waals surface area contributed by atoms with Gasteiger partial charge >= 0.3 is 0 Å². The average Bonchev–Trinajstić information content (AvgIpc) is 2.75. The van der Waals surface area contributed by atoms with Gasteiger partial charge in [0.1, 0.15) is 0 Å². The van der Waals surface area contributed by atoms with Crippen LogP contribution >= 0.6 is 27.3 Å². The van der Waals surface area contributed by atoms with Gasteiger partial charge in [0.15, 0.2) is 5.82 Å². The van der Waals surface area contributed by atoms with E-state index in [2.05, 4.69) is 37.3 Å². The van der Waals surface area contributed by atoms with Crippen molar-refractivity contribution in [2.24, 2.45) is 0 Å². The summed E-state index contributed by atoms with van der Waals surface area (Å²) in [5.41, 5.74) is -0.283. The predicted octanol–water partition coefficient (Wildman–Crippen LogP) is 2.26. The van der Waals surface area contributed by atoms with Gasteiger partial charge in [-0.25, -0.2) is 4.98 Å². The predicted molar refractivity (Wildman–Crippen MR) is 75.6 cm³/mol. The first kappa shape index (κ1) is 13.1. The first-order chi connectivity index (χ1) is 8.70. The Labute approximate surface area is 116 Å². The van der Waals surface area contributed by atoms with Gasteiger partial charge in [0, 0.05) is 11.4 Å². The molecule has 7 heteroatoms. The van der Waals surface area contributed by atoms with E-state index in [0.717, 1.165) is 10.2 Å². The molecule has 0 atom stereocenters. The van der Waals surface area contributed by atoms with Crippen LogP contribution in [-0.4, -0.2) is 23.6 Å². The summed E-state index contributed by atoms with van der Waals surface area (Å²) in [4.78, 5) is 19.2. The van der Waals surface area contributed by atoms with E-state index in [1.807, 2.05) is 6.07 Å². The van der Waals surface area contributed by atoms with Crippen molar-refractivity contribution in [2.75, 3.05) is 19.0 Å². The number of halogens is 1. The van der Waals surface area contributed by atoms with Gasteiger partial charge in [-0.15, -0.1) is 11.3 Å². The highest BCUT2D eigenvalue weighted by atomic mass is 79.9. The maximum atomic E-state index is 11.4. The first-order valence-corrected chi connectivity index (χ1v) is 6.91. The van der Waals surface area contributed by atoms with Crippen molar-refractivity contribution >= 4 is 33.1 Å². The molecule has 0 bridgehead atoms. The minimum absolute atomic E-state index is 0.213. The molecular weight excluding hydrogens is 318 g/mol. The molecule has 2 N–H and O–H groups in total. The van der Waals surface area contributed by atoms with Gasteiger partial charge in [-0.1, -0.05) is 0 Å². The number of nitrogens with one attached hydrogen (secondary N) is 2. The fourth-order valence-corrected chi connectivity index (χ4v) is 2.98. The maximum absolute atomic E-state index is 11.4. The van der Waals surface area contributed by atoms with Gasteiger partial charge in [0.2, 0.25) is 5.75 Å². The Morgan fingerprint density at radius 1 is 1.56 bits per heavy atom. The minimum atomic E-state index is -0.283. The molecule has 0 radical (unpaired) electrons. The molecule has 96 valence electrons. The standard InChI is InChI=1S/C11H12BrN3O2S/c1-17-9-10(14-6-15-11(9)16)13-5-4-7-2-3-8(12)18-7/h2-3,6H,4-5H2,1H3,(H2,13,14,15,16). The van der Waals surface area contributed by atoms with Crippen LogP contribution in [0, 0.1) is 0 Å². The van der Waals surface area contributed by atoms with E-state index in [9.17, 15) is 4.79 Å². The molecule has 2 rings (SSSR count). The molecule has 2 aromatic rings. The molecule has 0 fully saturated rings. The third-order valence-corrected chi connectivity index (χ3v) is 3.99. The van der Waals surface area contributed by atoms with Crippen molar-refractivity contribution in [3.63, 3.8) is 0 Å². The van der Waals surface area contributed by atoms with Gasteiger partial charge in [0.25, 0.3) is 5.56 Å². The summed E-state index contributed by atoms with van der Waals surface area (Å²) in [6, 6.07) is 4.09. The highest BCUT2D eigenvalue weighted by Crippen LogP contribution is 2.22. The maximum Gasteiger partial charge on any atom is 0.295 e. The topological polar surface area (TPSA) is 67.0 Å². The minimum Gasteiger partial charge on any atom is -0.489 e. The Kier molecular flexibility index (Phi) is 4.38. The lowest BCUT2D eigenvalue weighted by atomic mass is 10.3. The summed E-state index contributed by atoms with van der Waals surface area (Å²) < 4.78 is 6.12. The summed E-state index contributed by atoms with van der Waals surface area (Å²) in [6.45, 7) is 0.694. The molecule has 2 heterocycles. The lowest BCUT2D eigenvalue weighted by Crippen LogP contribution is -2.15. The molecule has 0 aromatic carbocycles. The van der Waals surface area contributed by atoms with Crippen LogP contribution < -0.4 is 15.6 Å². The van der Waals surface area contributed by atoms with E-state index in [0.29, 0.717) is 12.4 Å². The lowest BCUT2D eigenvalue weighted by Gasteiger charge is -2.07. The Bertz CT molecular complexity index is 582. The number of thiophene rings is 1. The number of ether oxygens (including phenoxy) is 1. The van der Waals surface area contributed by atoms with E-state index in [1.165, 1.54) is 18.3 Å². The molecule has 0 aliphatic heterocycles.